The van der Waals surface area contributed by atoms with Crippen molar-refractivity contribution < 1.29 is 39.8 Å². The van der Waals surface area contributed by atoms with E-state index in [0.717, 1.165) is 44.9 Å². The van der Waals surface area contributed by atoms with Crippen LogP contribution in [-0.2, 0) is 14.3 Å². The zero-order chi connectivity index (χ0) is 60.0. The summed E-state index contributed by atoms with van der Waals surface area (Å²) in [6, 6.07) is -0.716. The largest absolute Gasteiger partial charge is 0.394 e. The number of rotatable bonds is 66. The molecule has 9 nitrogen and oxygen atoms in total. The Morgan fingerprint density at radius 1 is 0.410 bits per heavy atom. The van der Waals surface area contributed by atoms with Crippen molar-refractivity contribution in [2.75, 3.05) is 13.2 Å². The molecule has 0 radical (unpaired) electrons. The van der Waals surface area contributed by atoms with Gasteiger partial charge in [-0.05, 0) is 44.9 Å². The minimum Gasteiger partial charge on any atom is -0.394 e. The highest BCUT2D eigenvalue weighted by Crippen LogP contribution is 2.24. The Morgan fingerprint density at radius 3 is 1.04 bits per heavy atom. The molecule has 0 bridgehead atoms. The number of carbonyl (C=O) groups is 1. The van der Waals surface area contributed by atoms with E-state index in [0.29, 0.717) is 12.8 Å². The van der Waals surface area contributed by atoms with Crippen LogP contribution in [0.4, 0.5) is 0 Å². The number of aliphatic hydroxyl groups excluding tert-OH is 5. The monoisotopic (exact) mass is 1170 g/mol. The van der Waals surface area contributed by atoms with Crippen LogP contribution in [0.1, 0.15) is 386 Å². The highest BCUT2D eigenvalue weighted by atomic mass is 16.7. The van der Waals surface area contributed by atoms with Gasteiger partial charge in [0, 0.05) is 6.42 Å². The van der Waals surface area contributed by atoms with Gasteiger partial charge in [-0.15, -0.1) is 0 Å². The van der Waals surface area contributed by atoms with E-state index in [1.54, 1.807) is 0 Å². The summed E-state index contributed by atoms with van der Waals surface area (Å²) in [6.07, 6.45) is 77.0. The quantitative estimate of drug-likeness (QED) is 0.0261. The van der Waals surface area contributed by atoms with Crippen molar-refractivity contribution in [2.24, 2.45) is 0 Å². The number of aliphatic hydroxyl groups is 5. The molecule has 7 atom stereocenters. The number of unbranched alkanes of at least 4 members (excludes halogenated alkanes) is 52. The van der Waals surface area contributed by atoms with E-state index in [9.17, 15) is 30.3 Å². The summed E-state index contributed by atoms with van der Waals surface area (Å²) in [4.78, 5) is 13.1. The van der Waals surface area contributed by atoms with Crippen molar-refractivity contribution >= 4 is 5.91 Å². The van der Waals surface area contributed by atoms with Crippen LogP contribution in [0.15, 0.2) is 24.3 Å². The molecule has 1 aliphatic heterocycles. The number of carbonyl (C=O) groups excluding carboxylic acids is 1. The minimum absolute atomic E-state index is 0.132. The summed E-state index contributed by atoms with van der Waals surface area (Å²) in [6.45, 7) is 3.88. The molecule has 0 aliphatic carbocycles. The zero-order valence-electron chi connectivity index (χ0n) is 55.2. The van der Waals surface area contributed by atoms with Gasteiger partial charge in [0.25, 0.3) is 0 Å². The molecule has 0 saturated carbocycles. The van der Waals surface area contributed by atoms with E-state index in [1.165, 1.54) is 315 Å². The molecule has 83 heavy (non-hydrogen) atoms. The van der Waals surface area contributed by atoms with Crippen LogP contribution in [0.25, 0.3) is 0 Å². The third kappa shape index (κ3) is 52.3. The van der Waals surface area contributed by atoms with Gasteiger partial charge in [-0.3, -0.25) is 4.79 Å². The van der Waals surface area contributed by atoms with Gasteiger partial charge in [-0.25, -0.2) is 0 Å². The molecule has 1 heterocycles. The molecule has 1 saturated heterocycles. The van der Waals surface area contributed by atoms with Gasteiger partial charge >= 0.3 is 0 Å². The number of nitrogens with one attached hydrogen (secondary N) is 1. The van der Waals surface area contributed by atoms with E-state index in [1.807, 2.05) is 0 Å². The Morgan fingerprint density at radius 2 is 0.711 bits per heavy atom. The summed E-state index contributed by atoms with van der Waals surface area (Å²) >= 11 is 0. The predicted octanol–water partition coefficient (Wildman–Crippen LogP) is 20.4. The molecule has 0 spiro atoms. The van der Waals surface area contributed by atoms with Crippen LogP contribution < -0.4 is 5.32 Å². The van der Waals surface area contributed by atoms with E-state index >= 15 is 0 Å². The molecular weight excluding hydrogens is 1030 g/mol. The van der Waals surface area contributed by atoms with Crippen molar-refractivity contribution in [3.63, 3.8) is 0 Å². The molecule has 1 fully saturated rings. The summed E-state index contributed by atoms with van der Waals surface area (Å²) in [5.74, 6) is -0.135. The first-order chi connectivity index (χ1) is 40.8. The van der Waals surface area contributed by atoms with Gasteiger partial charge in [0.15, 0.2) is 6.29 Å². The Labute approximate surface area is 515 Å². The second-order valence-electron chi connectivity index (χ2n) is 26.1. The van der Waals surface area contributed by atoms with E-state index in [2.05, 4.69) is 43.5 Å². The smallest absolute Gasteiger partial charge is 0.220 e. The molecule has 492 valence electrons. The maximum absolute atomic E-state index is 13.1. The standard InChI is InChI=1S/C74H143NO8/c1-3-5-7-9-11-13-15-17-19-21-23-24-25-26-27-28-29-30-31-32-33-34-35-36-37-38-39-40-41-42-43-44-46-48-50-52-54-56-58-60-62-64-70(78)75-67(66-82-74-73(81)72(80)71(79)69(65-76)83-74)68(77)63-61-59-57-55-53-51-49-47-45-22-20-18-16-14-12-10-8-6-4-2/h15,17,21,23,67-69,71-74,76-77,79-81H,3-14,16,18-20,22,24-66H2,1-2H3,(H,75,78)/b17-15-,23-21-. The average Bonchev–Trinajstić information content (AvgIpc) is 3.61. The summed E-state index contributed by atoms with van der Waals surface area (Å²) in [5.41, 5.74) is 0. The molecule has 1 aliphatic rings. The van der Waals surface area contributed by atoms with Gasteiger partial charge in [0.1, 0.15) is 24.4 Å². The molecule has 0 aromatic carbocycles. The lowest BCUT2D eigenvalue weighted by molar-refractivity contribution is -0.302. The molecule has 6 N–H and O–H groups in total. The van der Waals surface area contributed by atoms with Crippen LogP contribution in [0, 0.1) is 0 Å². The molecular formula is C74H143NO8. The minimum atomic E-state index is -1.55. The van der Waals surface area contributed by atoms with Crippen molar-refractivity contribution in [2.45, 2.75) is 429 Å². The predicted molar refractivity (Wildman–Crippen MR) is 355 cm³/mol. The fraction of sp³-hybridized carbons (Fsp3) is 0.932. The molecule has 0 aromatic heterocycles. The van der Waals surface area contributed by atoms with Gasteiger partial charge < -0.3 is 40.3 Å². The topological polar surface area (TPSA) is 149 Å². The first-order valence-electron chi connectivity index (χ1n) is 37.0. The fourth-order valence-electron chi connectivity index (χ4n) is 12.3. The highest BCUT2D eigenvalue weighted by Gasteiger charge is 2.44. The number of amides is 1. The van der Waals surface area contributed by atoms with Crippen LogP contribution in [0.3, 0.4) is 0 Å². The lowest BCUT2D eigenvalue weighted by Crippen LogP contribution is -2.60. The number of allylic oxidation sites excluding steroid dienone is 4. The highest BCUT2D eigenvalue weighted by molar-refractivity contribution is 5.76. The average molecular weight is 1170 g/mol. The summed E-state index contributed by atoms with van der Waals surface area (Å²) < 4.78 is 11.4. The molecule has 0 aromatic rings. The molecule has 9 heteroatoms. The number of hydrogen-bond acceptors (Lipinski definition) is 8. The lowest BCUT2D eigenvalue weighted by atomic mass is 9.99. The van der Waals surface area contributed by atoms with Crippen LogP contribution >= 0.6 is 0 Å². The molecule has 1 rings (SSSR count). The third-order valence-electron chi connectivity index (χ3n) is 18.1. The normalized spacial score (nSPS) is 18.3. The van der Waals surface area contributed by atoms with Crippen molar-refractivity contribution in [1.29, 1.82) is 0 Å². The van der Waals surface area contributed by atoms with E-state index in [4.69, 9.17) is 9.47 Å². The SMILES string of the molecule is CCCCCCC/C=C\C/C=C\CCCCCCCCCCCCCCCCCCCCCCCCCCCCCCCC(=O)NC(COC1OC(CO)C(O)C(O)C1O)C(O)CCCCCCCCCCCCCCCCCCCCC. The van der Waals surface area contributed by atoms with Crippen molar-refractivity contribution in [3.05, 3.63) is 24.3 Å². The Balaban J connectivity index is 2.01. The maximum atomic E-state index is 13.1. The van der Waals surface area contributed by atoms with Crippen LogP contribution in [0.5, 0.6) is 0 Å². The van der Waals surface area contributed by atoms with Gasteiger partial charge in [0.2, 0.25) is 5.91 Å². The van der Waals surface area contributed by atoms with Crippen LogP contribution in [-0.4, -0.2) is 87.5 Å². The van der Waals surface area contributed by atoms with Crippen LogP contribution in [0.2, 0.25) is 0 Å². The lowest BCUT2D eigenvalue weighted by Gasteiger charge is -2.40. The first-order valence-corrected chi connectivity index (χ1v) is 37.0. The molecule has 7 unspecified atom stereocenters. The Hall–Kier alpha value is -1.33. The van der Waals surface area contributed by atoms with Gasteiger partial charge in [-0.2, -0.15) is 0 Å². The van der Waals surface area contributed by atoms with Gasteiger partial charge in [-0.1, -0.05) is 359 Å². The Bertz CT molecular complexity index is 1360. The fourth-order valence-corrected chi connectivity index (χ4v) is 12.3. The van der Waals surface area contributed by atoms with E-state index < -0.39 is 49.5 Å². The maximum Gasteiger partial charge on any atom is 0.220 e. The zero-order valence-corrected chi connectivity index (χ0v) is 55.2. The first kappa shape index (κ1) is 79.7. The summed E-state index contributed by atoms with van der Waals surface area (Å²) in [5, 5.41) is 54.9. The number of hydrogen-bond donors (Lipinski definition) is 6. The second kappa shape index (κ2) is 63.7. The molecule has 1 amide bonds. The Kier molecular flexibility index (Phi) is 61.1. The van der Waals surface area contributed by atoms with Crippen molar-refractivity contribution in [1.82, 2.24) is 5.32 Å². The van der Waals surface area contributed by atoms with Gasteiger partial charge in [0.05, 0.1) is 25.4 Å². The third-order valence-corrected chi connectivity index (χ3v) is 18.1. The second-order valence-corrected chi connectivity index (χ2v) is 26.1. The van der Waals surface area contributed by atoms with Crippen molar-refractivity contribution in [3.8, 4) is 0 Å². The number of ether oxygens (including phenoxy) is 2. The van der Waals surface area contributed by atoms with E-state index in [-0.39, 0.29) is 12.5 Å². The summed E-state index contributed by atoms with van der Waals surface area (Å²) in [7, 11) is 0.